The molecule has 1 aromatic carbocycles. The van der Waals surface area contributed by atoms with Gasteiger partial charge in [-0.3, -0.25) is 0 Å². The zero-order valence-corrected chi connectivity index (χ0v) is 13.3. The number of aryl methyl sites for hydroxylation is 1. The summed E-state index contributed by atoms with van der Waals surface area (Å²) in [7, 11) is 1.89. The van der Waals surface area contributed by atoms with Crippen LogP contribution in [0.2, 0.25) is 0 Å². The van der Waals surface area contributed by atoms with Crippen LogP contribution in [0.5, 0.6) is 0 Å². The number of aromatic nitrogens is 2. The normalized spacial score (nSPS) is 10.7. The Bertz CT molecular complexity index is 593. The van der Waals surface area contributed by atoms with Gasteiger partial charge in [0.25, 0.3) is 0 Å². The molecule has 2 rings (SSSR count). The molecule has 0 aliphatic heterocycles. The molecule has 4 heteroatoms. The van der Waals surface area contributed by atoms with Gasteiger partial charge in [0, 0.05) is 19.2 Å². The van der Waals surface area contributed by atoms with Crippen molar-refractivity contribution in [3.63, 3.8) is 0 Å². The topological polar surface area (TPSA) is 49.8 Å². The van der Waals surface area contributed by atoms with E-state index in [4.69, 9.17) is 0 Å². The molecule has 2 aromatic rings. The fourth-order valence-corrected chi connectivity index (χ4v) is 2.49. The summed E-state index contributed by atoms with van der Waals surface area (Å²) in [5.41, 5.74) is 3.85. The van der Waals surface area contributed by atoms with Crippen LogP contribution >= 0.6 is 0 Å². The Labute approximate surface area is 127 Å². The van der Waals surface area contributed by atoms with Crippen LogP contribution in [0.15, 0.2) is 30.6 Å². The molecule has 112 valence electrons. The first-order valence-electron chi connectivity index (χ1n) is 7.44. The van der Waals surface area contributed by atoms with Crippen LogP contribution in [-0.2, 0) is 6.42 Å². The number of anilines is 2. The number of nitrogens with one attached hydrogen (secondary N) is 2. The maximum atomic E-state index is 4.40. The lowest BCUT2D eigenvalue weighted by atomic mass is 10.0. The summed E-state index contributed by atoms with van der Waals surface area (Å²) < 4.78 is 0. The lowest BCUT2D eigenvalue weighted by molar-refractivity contribution is 0.844. The van der Waals surface area contributed by atoms with Gasteiger partial charge in [-0.05, 0) is 30.4 Å². The molecule has 21 heavy (non-hydrogen) atoms. The average molecular weight is 284 g/mol. The molecule has 0 radical (unpaired) electrons. The Kier molecular flexibility index (Phi) is 5.14. The SMILES string of the molecule is CNc1ncnc(NCCc2ccccc2C)c1C(C)C. The molecule has 0 unspecified atom stereocenters. The summed E-state index contributed by atoms with van der Waals surface area (Å²) in [6.45, 7) is 7.33. The van der Waals surface area contributed by atoms with Crippen LogP contribution in [0.1, 0.15) is 36.5 Å². The van der Waals surface area contributed by atoms with Crippen LogP contribution in [0, 0.1) is 6.92 Å². The van der Waals surface area contributed by atoms with Crippen LogP contribution < -0.4 is 10.6 Å². The molecule has 1 aromatic heterocycles. The molecule has 4 nitrogen and oxygen atoms in total. The van der Waals surface area contributed by atoms with Crippen LogP contribution in [0.3, 0.4) is 0 Å². The molecular weight excluding hydrogens is 260 g/mol. The predicted molar refractivity (Wildman–Crippen MR) is 89.0 cm³/mol. The number of hydrogen-bond donors (Lipinski definition) is 2. The van der Waals surface area contributed by atoms with Gasteiger partial charge in [-0.1, -0.05) is 38.1 Å². The van der Waals surface area contributed by atoms with Crippen molar-refractivity contribution >= 4 is 11.6 Å². The smallest absolute Gasteiger partial charge is 0.134 e. The fraction of sp³-hybridized carbons (Fsp3) is 0.412. The van der Waals surface area contributed by atoms with Crippen LogP contribution in [0.25, 0.3) is 0 Å². The van der Waals surface area contributed by atoms with Gasteiger partial charge in [-0.15, -0.1) is 0 Å². The van der Waals surface area contributed by atoms with E-state index in [0.29, 0.717) is 5.92 Å². The van der Waals surface area contributed by atoms with E-state index in [9.17, 15) is 0 Å². The molecule has 0 fully saturated rings. The standard InChI is InChI=1S/C17H24N4/c1-12(2)15-16(18-4)20-11-21-17(15)19-10-9-14-8-6-5-7-13(14)3/h5-8,11-12H,9-10H2,1-4H3,(H2,18,19,20,21). The number of benzene rings is 1. The van der Waals surface area contributed by atoms with Gasteiger partial charge < -0.3 is 10.6 Å². The second kappa shape index (κ2) is 7.07. The van der Waals surface area contributed by atoms with Crippen molar-refractivity contribution in [2.24, 2.45) is 0 Å². The second-order valence-corrected chi connectivity index (χ2v) is 5.49. The third-order valence-corrected chi connectivity index (χ3v) is 3.65. The molecule has 1 heterocycles. The highest BCUT2D eigenvalue weighted by atomic mass is 15.1. The summed E-state index contributed by atoms with van der Waals surface area (Å²) in [6, 6.07) is 8.50. The molecule has 0 saturated carbocycles. The van der Waals surface area contributed by atoms with E-state index in [1.807, 2.05) is 7.05 Å². The van der Waals surface area contributed by atoms with E-state index >= 15 is 0 Å². The quantitative estimate of drug-likeness (QED) is 0.851. The van der Waals surface area contributed by atoms with Gasteiger partial charge >= 0.3 is 0 Å². The summed E-state index contributed by atoms with van der Waals surface area (Å²) in [5, 5.41) is 6.60. The minimum absolute atomic E-state index is 0.370. The van der Waals surface area contributed by atoms with E-state index in [0.717, 1.165) is 30.2 Å². The number of hydrogen-bond acceptors (Lipinski definition) is 4. The zero-order chi connectivity index (χ0) is 15.2. The van der Waals surface area contributed by atoms with Crippen molar-refractivity contribution in [1.82, 2.24) is 9.97 Å². The lowest BCUT2D eigenvalue weighted by Gasteiger charge is -2.16. The molecular formula is C17H24N4. The predicted octanol–water partition coefficient (Wildman–Crippen LogP) is 3.60. The summed E-state index contributed by atoms with van der Waals surface area (Å²) >= 11 is 0. The molecule has 0 aliphatic carbocycles. The highest BCUT2D eigenvalue weighted by Gasteiger charge is 2.13. The van der Waals surface area contributed by atoms with Crippen molar-refractivity contribution in [3.8, 4) is 0 Å². The van der Waals surface area contributed by atoms with Gasteiger partial charge in [-0.2, -0.15) is 0 Å². The highest BCUT2D eigenvalue weighted by Crippen LogP contribution is 2.27. The Hall–Kier alpha value is -2.10. The van der Waals surface area contributed by atoms with Gasteiger partial charge in [0.2, 0.25) is 0 Å². The van der Waals surface area contributed by atoms with E-state index in [1.165, 1.54) is 11.1 Å². The molecule has 0 aliphatic rings. The third-order valence-electron chi connectivity index (χ3n) is 3.65. The van der Waals surface area contributed by atoms with Gasteiger partial charge in [0.1, 0.15) is 18.0 Å². The Morgan fingerprint density at radius 2 is 1.81 bits per heavy atom. The average Bonchev–Trinajstić information content (AvgIpc) is 2.48. The highest BCUT2D eigenvalue weighted by molar-refractivity contribution is 5.58. The second-order valence-electron chi connectivity index (χ2n) is 5.49. The van der Waals surface area contributed by atoms with Crippen molar-refractivity contribution in [1.29, 1.82) is 0 Å². The number of rotatable bonds is 6. The molecule has 0 amide bonds. The summed E-state index contributed by atoms with van der Waals surface area (Å²) in [6.07, 6.45) is 2.59. The van der Waals surface area contributed by atoms with Gasteiger partial charge in [-0.25, -0.2) is 9.97 Å². The third kappa shape index (κ3) is 3.72. The summed E-state index contributed by atoms with van der Waals surface area (Å²) in [5.74, 6) is 2.20. The Morgan fingerprint density at radius 3 is 2.48 bits per heavy atom. The van der Waals surface area contributed by atoms with E-state index in [-0.39, 0.29) is 0 Å². The van der Waals surface area contributed by atoms with Crippen molar-refractivity contribution < 1.29 is 0 Å². The van der Waals surface area contributed by atoms with Crippen LogP contribution in [0.4, 0.5) is 11.6 Å². The molecule has 0 saturated heterocycles. The monoisotopic (exact) mass is 284 g/mol. The Balaban J connectivity index is 2.08. The maximum Gasteiger partial charge on any atom is 0.134 e. The van der Waals surface area contributed by atoms with Crippen molar-refractivity contribution in [2.45, 2.75) is 33.1 Å². The molecule has 2 N–H and O–H groups in total. The first-order valence-corrected chi connectivity index (χ1v) is 7.44. The summed E-state index contributed by atoms with van der Waals surface area (Å²) in [4.78, 5) is 8.70. The fourth-order valence-electron chi connectivity index (χ4n) is 2.49. The lowest BCUT2D eigenvalue weighted by Crippen LogP contribution is -2.12. The molecule has 0 spiro atoms. The van der Waals surface area contributed by atoms with Crippen LogP contribution in [-0.4, -0.2) is 23.6 Å². The maximum absolute atomic E-state index is 4.40. The van der Waals surface area contributed by atoms with E-state index in [2.05, 4.69) is 65.6 Å². The first-order chi connectivity index (χ1) is 10.1. The van der Waals surface area contributed by atoms with Crippen molar-refractivity contribution in [3.05, 3.63) is 47.3 Å². The molecule has 0 bridgehead atoms. The molecule has 0 atom stereocenters. The zero-order valence-electron chi connectivity index (χ0n) is 13.3. The Morgan fingerprint density at radius 1 is 1.10 bits per heavy atom. The van der Waals surface area contributed by atoms with Gasteiger partial charge in [0.05, 0.1) is 0 Å². The largest absolute Gasteiger partial charge is 0.373 e. The van der Waals surface area contributed by atoms with Gasteiger partial charge in [0.15, 0.2) is 0 Å². The number of nitrogens with zero attached hydrogens (tertiary/aromatic N) is 2. The van der Waals surface area contributed by atoms with E-state index < -0.39 is 0 Å². The van der Waals surface area contributed by atoms with E-state index in [1.54, 1.807) is 6.33 Å². The first kappa shape index (κ1) is 15.3. The van der Waals surface area contributed by atoms with Crippen molar-refractivity contribution in [2.75, 3.05) is 24.2 Å². The minimum atomic E-state index is 0.370. The minimum Gasteiger partial charge on any atom is -0.373 e.